The summed E-state index contributed by atoms with van der Waals surface area (Å²) >= 11 is 0. The molecule has 0 aliphatic rings. The maximum atomic E-state index is 10.3. The normalized spacial score (nSPS) is 7.50. The summed E-state index contributed by atoms with van der Waals surface area (Å²) in [6.07, 6.45) is -3.98. The van der Waals surface area contributed by atoms with Gasteiger partial charge in [0.2, 0.25) is 0 Å². The van der Waals surface area contributed by atoms with Crippen LogP contribution in [0.3, 0.4) is 0 Å². The van der Waals surface area contributed by atoms with Crippen LogP contribution in [0.1, 0.15) is 5.56 Å². The Kier molecular flexibility index (Phi) is 11.6. The molecule has 1 aromatic carbocycles. The summed E-state index contributed by atoms with van der Waals surface area (Å²) in [6.45, 7) is 9.63. The van der Waals surface area contributed by atoms with Crippen LogP contribution in [0.5, 0.6) is 0 Å². The highest BCUT2D eigenvalue weighted by Gasteiger charge is 1.98. The zero-order valence-corrected chi connectivity index (χ0v) is 8.60. The van der Waals surface area contributed by atoms with Crippen LogP contribution in [-0.4, -0.2) is 0 Å². The third kappa shape index (κ3) is 10.2. The number of benzene rings is 1. The summed E-state index contributed by atoms with van der Waals surface area (Å²) in [5, 5.41) is 0. The van der Waals surface area contributed by atoms with Crippen molar-refractivity contribution in [3.05, 3.63) is 67.8 Å². The Labute approximate surface area is 92.2 Å². The second kappa shape index (κ2) is 11.2. The van der Waals surface area contributed by atoms with Gasteiger partial charge in [-0.3, -0.25) is 0 Å². The Balaban J connectivity index is 0. The van der Waals surface area contributed by atoms with Crippen molar-refractivity contribution in [2.24, 2.45) is 0 Å². The van der Waals surface area contributed by atoms with E-state index in [9.17, 15) is 17.6 Å². The van der Waals surface area contributed by atoms with Crippen LogP contribution in [0.25, 0.3) is 6.08 Å². The molecule has 0 saturated carbocycles. The molecular formula is C12H12F4. The maximum Gasteiger partial charge on any atom is 0.334 e. The van der Waals surface area contributed by atoms with Gasteiger partial charge in [0.1, 0.15) is 0 Å². The van der Waals surface area contributed by atoms with Crippen molar-refractivity contribution in [2.75, 3.05) is 0 Å². The lowest BCUT2D eigenvalue weighted by molar-refractivity contribution is 0.308. The first-order valence-electron chi connectivity index (χ1n) is 4.11. The molecule has 88 valence electrons. The van der Waals surface area contributed by atoms with Gasteiger partial charge in [-0.25, -0.2) is 0 Å². The van der Waals surface area contributed by atoms with Crippen molar-refractivity contribution in [1.29, 1.82) is 0 Å². The maximum absolute atomic E-state index is 10.3. The first kappa shape index (κ1) is 16.6. The van der Waals surface area contributed by atoms with E-state index in [2.05, 4.69) is 19.7 Å². The topological polar surface area (TPSA) is 0 Å². The fourth-order valence-corrected chi connectivity index (χ4v) is 0.589. The molecule has 0 atom stereocenters. The van der Waals surface area contributed by atoms with Crippen LogP contribution >= 0.6 is 0 Å². The number of rotatable bonds is 1. The van der Waals surface area contributed by atoms with E-state index in [4.69, 9.17) is 0 Å². The van der Waals surface area contributed by atoms with E-state index >= 15 is 0 Å². The van der Waals surface area contributed by atoms with Crippen LogP contribution in [0.15, 0.2) is 62.2 Å². The first-order valence-corrected chi connectivity index (χ1v) is 4.11. The summed E-state index contributed by atoms with van der Waals surface area (Å²) in [4.78, 5) is 0. The van der Waals surface area contributed by atoms with E-state index in [0.29, 0.717) is 0 Å². The Morgan fingerprint density at radius 1 is 0.875 bits per heavy atom. The van der Waals surface area contributed by atoms with Gasteiger partial charge in [-0.1, -0.05) is 43.0 Å². The van der Waals surface area contributed by atoms with Gasteiger partial charge in [-0.05, 0) is 5.56 Å². The molecule has 0 spiro atoms. The van der Waals surface area contributed by atoms with Gasteiger partial charge in [0, 0.05) is 0 Å². The summed E-state index contributed by atoms with van der Waals surface area (Å²) in [5.41, 5.74) is 1.17. The molecule has 1 rings (SSSR count). The third-order valence-electron chi connectivity index (χ3n) is 1.18. The molecule has 0 aromatic heterocycles. The first-order chi connectivity index (χ1) is 7.57. The molecule has 0 aliphatic heterocycles. The minimum atomic E-state index is -2.91. The van der Waals surface area contributed by atoms with Crippen LogP contribution < -0.4 is 0 Å². The summed E-state index contributed by atoms with van der Waals surface area (Å²) in [7, 11) is 0. The van der Waals surface area contributed by atoms with Crippen LogP contribution in [-0.2, 0) is 0 Å². The van der Waals surface area contributed by atoms with Gasteiger partial charge in [0.25, 0.3) is 0 Å². The molecule has 0 nitrogen and oxygen atoms in total. The lowest BCUT2D eigenvalue weighted by Crippen LogP contribution is -1.63. The molecule has 0 bridgehead atoms. The lowest BCUT2D eigenvalue weighted by Gasteiger charge is -1.85. The average molecular weight is 232 g/mol. The molecule has 0 fully saturated rings. The number of halogens is 4. The monoisotopic (exact) mass is 232 g/mol. The van der Waals surface area contributed by atoms with E-state index in [1.54, 1.807) is 0 Å². The van der Waals surface area contributed by atoms with E-state index in [0.717, 1.165) is 0 Å². The molecule has 4 heteroatoms. The second-order valence-electron chi connectivity index (χ2n) is 2.14. The molecule has 16 heavy (non-hydrogen) atoms. The number of hydrogen-bond donors (Lipinski definition) is 0. The quantitative estimate of drug-likeness (QED) is 0.465. The minimum absolute atomic E-state index is 1.17. The van der Waals surface area contributed by atoms with E-state index in [-0.39, 0.29) is 0 Å². The second-order valence-corrected chi connectivity index (χ2v) is 2.14. The standard InChI is InChI=1S/C8H8.C2F4.C2H4/c1-2-8-6-4-3-5-7-8;3-1(4)2(5)6;1-2/h2-7H,1H2;;1-2H2. The van der Waals surface area contributed by atoms with Crippen LogP contribution in [0.2, 0.25) is 0 Å². The zero-order chi connectivity index (χ0) is 13.0. The predicted molar refractivity (Wildman–Crippen MR) is 59.2 cm³/mol. The van der Waals surface area contributed by atoms with Gasteiger partial charge in [-0.2, -0.15) is 17.6 Å². The fourth-order valence-electron chi connectivity index (χ4n) is 0.589. The fraction of sp³-hybridized carbons (Fsp3) is 0. The Bertz CT molecular complexity index is 299. The van der Waals surface area contributed by atoms with Gasteiger partial charge in [0.05, 0.1) is 0 Å². The molecule has 0 amide bonds. The Hall–Kier alpha value is -1.84. The third-order valence-corrected chi connectivity index (χ3v) is 1.18. The highest BCUT2D eigenvalue weighted by molar-refractivity contribution is 5.45. The van der Waals surface area contributed by atoms with Crippen molar-refractivity contribution in [3.8, 4) is 0 Å². The molecular weight excluding hydrogens is 220 g/mol. The molecule has 0 unspecified atom stereocenters. The van der Waals surface area contributed by atoms with Crippen molar-refractivity contribution in [3.63, 3.8) is 0 Å². The van der Waals surface area contributed by atoms with Gasteiger partial charge >= 0.3 is 12.2 Å². The SMILES string of the molecule is C=C.C=Cc1ccccc1.FC(F)=C(F)F. The average Bonchev–Trinajstić information content (AvgIpc) is 2.33. The molecule has 0 radical (unpaired) electrons. The largest absolute Gasteiger partial charge is 0.334 e. The molecule has 0 N–H and O–H groups in total. The summed E-state index contributed by atoms with van der Waals surface area (Å²) in [5.74, 6) is 0. The molecule has 0 saturated heterocycles. The van der Waals surface area contributed by atoms with Crippen LogP contribution in [0.4, 0.5) is 17.6 Å². The smallest absolute Gasteiger partial charge is 0.167 e. The van der Waals surface area contributed by atoms with Crippen LogP contribution in [0, 0.1) is 0 Å². The van der Waals surface area contributed by atoms with Crippen molar-refractivity contribution >= 4 is 6.08 Å². The van der Waals surface area contributed by atoms with Crippen molar-refractivity contribution in [1.82, 2.24) is 0 Å². The van der Waals surface area contributed by atoms with Crippen molar-refractivity contribution in [2.45, 2.75) is 0 Å². The van der Waals surface area contributed by atoms with Gasteiger partial charge in [-0.15, -0.1) is 13.2 Å². The van der Waals surface area contributed by atoms with E-state index < -0.39 is 12.2 Å². The van der Waals surface area contributed by atoms with Crippen molar-refractivity contribution < 1.29 is 17.6 Å². The highest BCUT2D eigenvalue weighted by atomic mass is 19.3. The Morgan fingerprint density at radius 3 is 1.44 bits per heavy atom. The van der Waals surface area contributed by atoms with Gasteiger partial charge in [0.15, 0.2) is 0 Å². The minimum Gasteiger partial charge on any atom is -0.167 e. The molecule has 0 aliphatic carbocycles. The lowest BCUT2D eigenvalue weighted by atomic mass is 10.2. The summed E-state index contributed by atoms with van der Waals surface area (Å²) in [6, 6.07) is 10.0. The zero-order valence-electron chi connectivity index (χ0n) is 8.60. The Morgan fingerprint density at radius 2 is 1.25 bits per heavy atom. The van der Waals surface area contributed by atoms with E-state index in [1.807, 2.05) is 36.4 Å². The molecule has 0 heterocycles. The van der Waals surface area contributed by atoms with E-state index in [1.165, 1.54) is 5.56 Å². The molecule has 1 aromatic rings. The predicted octanol–water partition coefficient (Wildman–Crippen LogP) is 5.12. The highest BCUT2D eigenvalue weighted by Crippen LogP contribution is 2.08. The summed E-state index contributed by atoms with van der Waals surface area (Å²) < 4.78 is 41.1. The van der Waals surface area contributed by atoms with Gasteiger partial charge < -0.3 is 0 Å². The number of hydrogen-bond acceptors (Lipinski definition) is 0.